The minimum absolute atomic E-state index is 0.0691. The van der Waals surface area contributed by atoms with Crippen molar-refractivity contribution >= 4 is 11.8 Å². The third-order valence-electron chi connectivity index (χ3n) is 10.0. The molecule has 2 bridgehead atoms. The molecule has 2 amide bonds. The van der Waals surface area contributed by atoms with Gasteiger partial charge in [0.1, 0.15) is 23.9 Å². The number of fused-ring (bicyclic) bond motifs is 2. The molecule has 2 saturated heterocycles. The number of aliphatic hydroxyl groups excluding tert-OH is 3. The lowest BCUT2D eigenvalue weighted by atomic mass is 9.75. The minimum Gasteiger partial charge on any atom is -0.387 e. The Morgan fingerprint density at radius 1 is 1.02 bits per heavy atom. The fourth-order valence-corrected chi connectivity index (χ4v) is 5.96. The lowest BCUT2D eigenvalue weighted by Gasteiger charge is -2.50. The van der Waals surface area contributed by atoms with E-state index in [0.29, 0.717) is 25.8 Å². The van der Waals surface area contributed by atoms with E-state index in [1.54, 1.807) is 27.0 Å². The van der Waals surface area contributed by atoms with Crippen molar-refractivity contribution in [2.24, 2.45) is 0 Å². The average molecular weight is 672 g/mol. The lowest BCUT2D eigenvalue weighted by Crippen LogP contribution is -2.71. The van der Waals surface area contributed by atoms with Crippen LogP contribution in [0.4, 0.5) is 0 Å². The molecule has 268 valence electrons. The number of aliphatic hydroxyl groups is 4. The summed E-state index contributed by atoms with van der Waals surface area (Å²) in [6, 6.07) is 8.28. The van der Waals surface area contributed by atoms with Crippen LogP contribution in [0.5, 0.6) is 0 Å². The molecule has 3 rings (SSSR count). The highest BCUT2D eigenvalue weighted by atomic mass is 16.8. The predicted octanol–water partition coefficient (Wildman–Crippen LogP) is 2.26. The van der Waals surface area contributed by atoms with Crippen molar-refractivity contribution in [3.8, 4) is 0 Å². The van der Waals surface area contributed by atoms with Gasteiger partial charge in [0.2, 0.25) is 17.6 Å². The van der Waals surface area contributed by atoms with E-state index in [4.69, 9.17) is 9.47 Å². The molecule has 2 aliphatic heterocycles. The standard InChI is InChI=1S/C37H57N3O8/c1-24(14-15-26(3)37-32(44)30(42)31(43)36(48-37,23-47-37)35(6,7)46)25(2)22-28-18-16-27(17-19-28)12-11-13-29(41)40(10)34(4,5)33(45)38-20-21-39(8)9/h14-19,30-32,42-44,46H,3,11-13,20-23H2,1-2,4-10H3,(H,38,45)/b15-14-,25-24+/t30-,31-,32+,36-,37-/m0/s1. The number of nitrogens with zero attached hydrogens (tertiary/aromatic N) is 2. The van der Waals surface area contributed by atoms with Crippen molar-refractivity contribution in [1.82, 2.24) is 15.1 Å². The molecule has 2 aliphatic rings. The van der Waals surface area contributed by atoms with Gasteiger partial charge < -0.3 is 45.0 Å². The Morgan fingerprint density at radius 2 is 1.62 bits per heavy atom. The molecule has 1 aromatic carbocycles. The van der Waals surface area contributed by atoms with Crippen LogP contribution in [-0.4, -0.2) is 124 Å². The molecule has 1 aromatic rings. The quantitative estimate of drug-likeness (QED) is 0.177. The molecular formula is C37H57N3O8. The number of aryl methyl sites for hydroxylation is 1. The predicted molar refractivity (Wildman–Crippen MR) is 185 cm³/mol. The Hall–Kier alpha value is -2.90. The number of hydrogen-bond acceptors (Lipinski definition) is 9. The molecule has 48 heavy (non-hydrogen) atoms. The fourth-order valence-electron chi connectivity index (χ4n) is 5.96. The van der Waals surface area contributed by atoms with Gasteiger partial charge in [-0.25, -0.2) is 0 Å². The first-order chi connectivity index (χ1) is 22.2. The SMILES string of the molecule is C=C(/C=C\C(C)=C(/C)Cc1ccc(CCCC(=O)N(C)C(C)(C)C(=O)NCCN(C)C)cc1)[C@]12OC[C@](C(C)(C)O)(O1)[C@@H](O)[C@H](O)[C@H]2O. The smallest absolute Gasteiger partial charge is 0.245 e. The van der Waals surface area contributed by atoms with E-state index in [-0.39, 0.29) is 24.0 Å². The van der Waals surface area contributed by atoms with Crippen molar-refractivity contribution in [3.63, 3.8) is 0 Å². The van der Waals surface area contributed by atoms with E-state index in [9.17, 15) is 30.0 Å². The number of carbonyl (C=O) groups is 2. The lowest BCUT2D eigenvalue weighted by molar-refractivity contribution is -0.326. The monoisotopic (exact) mass is 671 g/mol. The molecule has 2 heterocycles. The second-order valence-corrected chi connectivity index (χ2v) is 14.6. The highest BCUT2D eigenvalue weighted by Gasteiger charge is 2.71. The van der Waals surface area contributed by atoms with Gasteiger partial charge in [0.15, 0.2) is 5.60 Å². The third kappa shape index (κ3) is 8.27. The van der Waals surface area contributed by atoms with E-state index < -0.39 is 40.8 Å². The van der Waals surface area contributed by atoms with Gasteiger partial charge >= 0.3 is 0 Å². The number of allylic oxidation sites excluding steroid dienone is 3. The fraction of sp³-hybridized carbons (Fsp3) is 0.622. The van der Waals surface area contributed by atoms with Crippen molar-refractivity contribution in [2.45, 2.75) is 108 Å². The molecular weight excluding hydrogens is 614 g/mol. The summed E-state index contributed by atoms with van der Waals surface area (Å²) >= 11 is 0. The number of amides is 2. The summed E-state index contributed by atoms with van der Waals surface area (Å²) in [5.74, 6) is -2.05. The first kappa shape index (κ1) is 39.5. The second kappa shape index (κ2) is 15.3. The van der Waals surface area contributed by atoms with Crippen LogP contribution in [0.25, 0.3) is 0 Å². The maximum atomic E-state index is 12.9. The van der Waals surface area contributed by atoms with Gasteiger partial charge in [0.05, 0.1) is 12.2 Å². The maximum absolute atomic E-state index is 12.9. The summed E-state index contributed by atoms with van der Waals surface area (Å²) < 4.78 is 11.9. The average Bonchev–Trinajstić information content (AvgIpc) is 3.43. The molecule has 0 radical (unpaired) electrons. The van der Waals surface area contributed by atoms with Gasteiger partial charge in [-0.05, 0) is 86.0 Å². The van der Waals surface area contributed by atoms with Crippen LogP contribution in [0.1, 0.15) is 65.5 Å². The third-order valence-corrected chi connectivity index (χ3v) is 10.0. The summed E-state index contributed by atoms with van der Waals surface area (Å²) in [6.45, 7) is 15.5. The number of ether oxygens (including phenoxy) is 2. The Morgan fingerprint density at radius 3 is 2.21 bits per heavy atom. The number of benzene rings is 1. The Labute approximate surface area is 285 Å². The zero-order chi connectivity index (χ0) is 36.2. The van der Waals surface area contributed by atoms with Gasteiger partial charge in [-0.3, -0.25) is 9.59 Å². The number of carbonyl (C=O) groups excluding carboxylic acids is 2. The molecule has 0 saturated carbocycles. The first-order valence-corrected chi connectivity index (χ1v) is 16.6. The van der Waals surface area contributed by atoms with E-state index in [2.05, 4.69) is 36.2 Å². The second-order valence-electron chi connectivity index (χ2n) is 14.6. The van der Waals surface area contributed by atoms with E-state index in [1.807, 2.05) is 38.9 Å². The van der Waals surface area contributed by atoms with E-state index >= 15 is 0 Å². The van der Waals surface area contributed by atoms with Crippen molar-refractivity contribution in [2.75, 3.05) is 40.8 Å². The van der Waals surface area contributed by atoms with Gasteiger partial charge in [-0.1, -0.05) is 54.1 Å². The number of nitrogens with one attached hydrogen (secondary N) is 1. The topological polar surface area (TPSA) is 152 Å². The molecule has 5 atom stereocenters. The molecule has 0 spiro atoms. The van der Waals surface area contributed by atoms with Gasteiger partial charge in [-0.2, -0.15) is 0 Å². The summed E-state index contributed by atoms with van der Waals surface area (Å²) in [6.07, 6.45) is 1.18. The van der Waals surface area contributed by atoms with Crippen LogP contribution < -0.4 is 5.32 Å². The van der Waals surface area contributed by atoms with Crippen molar-refractivity contribution in [1.29, 1.82) is 0 Å². The Bertz CT molecular complexity index is 1380. The number of hydrogen-bond donors (Lipinski definition) is 5. The molecule has 11 heteroatoms. The van der Waals surface area contributed by atoms with Gasteiger partial charge in [0.25, 0.3) is 0 Å². The summed E-state index contributed by atoms with van der Waals surface area (Å²) in [4.78, 5) is 29.1. The zero-order valence-corrected chi connectivity index (χ0v) is 30.2. The maximum Gasteiger partial charge on any atom is 0.245 e. The highest BCUT2D eigenvalue weighted by Crippen LogP contribution is 2.51. The Kier molecular flexibility index (Phi) is 12.6. The highest BCUT2D eigenvalue weighted by molar-refractivity contribution is 5.90. The van der Waals surface area contributed by atoms with Crippen LogP contribution in [0, 0.1) is 0 Å². The largest absolute Gasteiger partial charge is 0.387 e. The molecule has 0 aliphatic carbocycles. The zero-order valence-electron chi connectivity index (χ0n) is 30.2. The van der Waals surface area contributed by atoms with Gasteiger partial charge in [-0.15, -0.1) is 0 Å². The van der Waals surface area contributed by atoms with Crippen LogP contribution in [0.2, 0.25) is 0 Å². The van der Waals surface area contributed by atoms with Crippen LogP contribution in [0.3, 0.4) is 0 Å². The van der Waals surface area contributed by atoms with Crippen LogP contribution in [-0.2, 0) is 31.9 Å². The number of rotatable bonds is 15. The van der Waals surface area contributed by atoms with Crippen molar-refractivity contribution in [3.05, 3.63) is 70.8 Å². The first-order valence-electron chi connectivity index (χ1n) is 16.6. The molecule has 0 unspecified atom stereocenters. The molecule has 2 fully saturated rings. The minimum atomic E-state index is -1.81. The Balaban J connectivity index is 1.55. The van der Waals surface area contributed by atoms with Crippen LogP contribution in [0.15, 0.2) is 59.7 Å². The molecule has 5 N–H and O–H groups in total. The molecule has 0 aromatic heterocycles. The summed E-state index contributed by atoms with van der Waals surface area (Å²) in [7, 11) is 5.56. The van der Waals surface area contributed by atoms with Crippen LogP contribution >= 0.6 is 0 Å². The van der Waals surface area contributed by atoms with E-state index in [0.717, 1.165) is 35.2 Å². The summed E-state index contributed by atoms with van der Waals surface area (Å²) in [5, 5.41) is 45.8. The summed E-state index contributed by atoms with van der Waals surface area (Å²) in [5.41, 5.74) is 0.411. The van der Waals surface area contributed by atoms with E-state index in [1.165, 1.54) is 18.7 Å². The number of likely N-dealkylation sites (N-methyl/N-ethyl adjacent to an activating group) is 2. The van der Waals surface area contributed by atoms with Crippen molar-refractivity contribution < 1.29 is 39.5 Å². The molecule has 11 nitrogen and oxygen atoms in total. The normalized spacial score (nSPS) is 26.5. The van der Waals surface area contributed by atoms with Gasteiger partial charge in [0, 0.05) is 32.1 Å².